The molecule has 0 aromatic heterocycles. The summed E-state index contributed by atoms with van der Waals surface area (Å²) in [6.07, 6.45) is 0. The Kier molecular flexibility index (Phi) is 4.58. The lowest BCUT2D eigenvalue weighted by atomic mass is 10.2. The van der Waals surface area contributed by atoms with Gasteiger partial charge in [0, 0.05) is 5.69 Å². The molecule has 0 saturated carbocycles. The average molecular weight is 293 g/mol. The summed E-state index contributed by atoms with van der Waals surface area (Å²) in [7, 11) is 0. The molecule has 0 atom stereocenters. The zero-order valence-corrected chi connectivity index (χ0v) is 11.7. The van der Waals surface area contributed by atoms with E-state index >= 15 is 0 Å². The summed E-state index contributed by atoms with van der Waals surface area (Å²) in [5.74, 6) is -0.569. The average Bonchev–Trinajstić information content (AvgIpc) is 2.40. The van der Waals surface area contributed by atoms with E-state index in [9.17, 15) is 9.18 Å². The van der Waals surface area contributed by atoms with Crippen LogP contribution < -0.4 is 10.6 Å². The molecule has 1 amide bonds. The maximum atomic E-state index is 12.7. The molecule has 0 radical (unpaired) electrons. The monoisotopic (exact) mass is 292 g/mol. The zero-order chi connectivity index (χ0) is 14.5. The number of hydrogen-bond acceptors (Lipinski definition) is 2. The van der Waals surface area contributed by atoms with Gasteiger partial charge in [0.1, 0.15) is 5.82 Å². The molecule has 2 aromatic carbocycles. The molecule has 0 unspecified atom stereocenters. The Morgan fingerprint density at radius 3 is 2.55 bits per heavy atom. The normalized spacial score (nSPS) is 10.2. The Hall–Kier alpha value is -2.07. The molecule has 0 bridgehead atoms. The van der Waals surface area contributed by atoms with Gasteiger partial charge in [-0.15, -0.1) is 0 Å². The smallest absolute Gasteiger partial charge is 0.243 e. The van der Waals surface area contributed by atoms with Crippen molar-refractivity contribution in [2.24, 2.45) is 0 Å². The van der Waals surface area contributed by atoms with Crippen LogP contribution in [0.2, 0.25) is 5.02 Å². The van der Waals surface area contributed by atoms with Gasteiger partial charge in [0.25, 0.3) is 0 Å². The number of nitrogens with one attached hydrogen (secondary N) is 2. The summed E-state index contributed by atoms with van der Waals surface area (Å²) in [5, 5.41) is 6.18. The first kappa shape index (κ1) is 14.3. The van der Waals surface area contributed by atoms with Crippen LogP contribution in [0, 0.1) is 12.7 Å². The van der Waals surface area contributed by atoms with Crippen molar-refractivity contribution in [2.45, 2.75) is 6.92 Å². The van der Waals surface area contributed by atoms with Crippen LogP contribution in [-0.4, -0.2) is 12.5 Å². The van der Waals surface area contributed by atoms with Gasteiger partial charge < -0.3 is 10.6 Å². The molecule has 20 heavy (non-hydrogen) atoms. The molecule has 0 aliphatic rings. The number of anilines is 2. The van der Waals surface area contributed by atoms with Gasteiger partial charge in [0.15, 0.2) is 0 Å². The van der Waals surface area contributed by atoms with E-state index in [0.29, 0.717) is 16.4 Å². The van der Waals surface area contributed by atoms with Crippen LogP contribution in [0.15, 0.2) is 42.5 Å². The van der Waals surface area contributed by atoms with Crippen LogP contribution in [0.1, 0.15) is 5.56 Å². The lowest BCUT2D eigenvalue weighted by Gasteiger charge is -2.09. The Morgan fingerprint density at radius 2 is 1.90 bits per heavy atom. The first-order valence-corrected chi connectivity index (χ1v) is 6.48. The van der Waals surface area contributed by atoms with Crippen molar-refractivity contribution in [3.63, 3.8) is 0 Å². The van der Waals surface area contributed by atoms with Crippen molar-refractivity contribution in [3.8, 4) is 0 Å². The molecule has 0 aliphatic carbocycles. The quantitative estimate of drug-likeness (QED) is 0.899. The molecule has 0 spiro atoms. The Labute approximate surface area is 121 Å². The molecule has 0 heterocycles. The number of benzene rings is 2. The maximum absolute atomic E-state index is 12.7. The van der Waals surface area contributed by atoms with Crippen molar-refractivity contribution in [3.05, 3.63) is 58.9 Å². The third-order valence-electron chi connectivity index (χ3n) is 2.69. The lowest BCUT2D eigenvalue weighted by molar-refractivity contribution is -0.114. The van der Waals surface area contributed by atoms with Crippen molar-refractivity contribution in [1.29, 1.82) is 0 Å². The fourth-order valence-electron chi connectivity index (χ4n) is 1.68. The number of hydrogen-bond donors (Lipinski definition) is 2. The number of carbonyl (C=O) groups is 1. The number of rotatable bonds is 4. The van der Waals surface area contributed by atoms with Crippen LogP contribution in [0.3, 0.4) is 0 Å². The Balaban J connectivity index is 1.90. The third kappa shape index (κ3) is 3.96. The predicted molar refractivity (Wildman–Crippen MR) is 79.7 cm³/mol. The minimum absolute atomic E-state index is 0.0835. The Bertz CT molecular complexity index is 614. The van der Waals surface area contributed by atoms with E-state index in [2.05, 4.69) is 10.6 Å². The van der Waals surface area contributed by atoms with E-state index in [0.717, 1.165) is 5.56 Å². The molecule has 2 aromatic rings. The SMILES string of the molecule is Cc1ccc(NCC(=O)Nc2ccc(F)cc2)c(Cl)c1. The minimum Gasteiger partial charge on any atom is -0.375 e. The van der Waals surface area contributed by atoms with Crippen molar-refractivity contribution in [1.82, 2.24) is 0 Å². The van der Waals surface area contributed by atoms with Gasteiger partial charge >= 0.3 is 0 Å². The predicted octanol–water partition coefficient (Wildman–Crippen LogP) is 3.84. The largest absolute Gasteiger partial charge is 0.375 e. The molecule has 0 aliphatic heterocycles. The van der Waals surface area contributed by atoms with E-state index in [1.165, 1.54) is 24.3 Å². The fraction of sp³-hybridized carbons (Fsp3) is 0.133. The van der Waals surface area contributed by atoms with E-state index in [-0.39, 0.29) is 18.3 Å². The van der Waals surface area contributed by atoms with Gasteiger partial charge in [-0.05, 0) is 48.9 Å². The highest BCUT2D eigenvalue weighted by molar-refractivity contribution is 6.33. The number of amides is 1. The van der Waals surface area contributed by atoms with Gasteiger partial charge in [-0.3, -0.25) is 4.79 Å². The van der Waals surface area contributed by atoms with Crippen molar-refractivity contribution < 1.29 is 9.18 Å². The van der Waals surface area contributed by atoms with Gasteiger partial charge in [-0.1, -0.05) is 17.7 Å². The summed E-state index contributed by atoms with van der Waals surface area (Å²) in [4.78, 5) is 11.7. The third-order valence-corrected chi connectivity index (χ3v) is 3.00. The molecule has 104 valence electrons. The van der Waals surface area contributed by atoms with Crippen LogP contribution in [-0.2, 0) is 4.79 Å². The summed E-state index contributed by atoms with van der Waals surface area (Å²) < 4.78 is 12.7. The second-order valence-electron chi connectivity index (χ2n) is 4.39. The van der Waals surface area contributed by atoms with Crippen LogP contribution in [0.4, 0.5) is 15.8 Å². The standard InChI is InChI=1S/C15H14ClFN2O/c1-10-2-7-14(13(16)8-10)18-9-15(20)19-12-5-3-11(17)4-6-12/h2-8,18H,9H2,1H3,(H,19,20). The maximum Gasteiger partial charge on any atom is 0.243 e. The summed E-state index contributed by atoms with van der Waals surface area (Å²) in [6.45, 7) is 2.02. The second kappa shape index (κ2) is 6.39. The molecular weight excluding hydrogens is 279 g/mol. The zero-order valence-electron chi connectivity index (χ0n) is 10.9. The first-order valence-electron chi connectivity index (χ1n) is 6.10. The van der Waals surface area contributed by atoms with E-state index in [1.54, 1.807) is 0 Å². The van der Waals surface area contributed by atoms with E-state index in [4.69, 9.17) is 11.6 Å². The Morgan fingerprint density at radius 1 is 1.20 bits per heavy atom. The van der Waals surface area contributed by atoms with E-state index in [1.807, 2.05) is 25.1 Å². The molecule has 5 heteroatoms. The van der Waals surface area contributed by atoms with E-state index < -0.39 is 0 Å². The highest BCUT2D eigenvalue weighted by atomic mass is 35.5. The molecule has 0 fully saturated rings. The highest BCUT2D eigenvalue weighted by Crippen LogP contribution is 2.22. The molecular formula is C15H14ClFN2O. The molecule has 2 N–H and O–H groups in total. The first-order chi connectivity index (χ1) is 9.54. The molecule has 2 rings (SSSR count). The van der Waals surface area contributed by atoms with Crippen LogP contribution in [0.25, 0.3) is 0 Å². The molecule has 3 nitrogen and oxygen atoms in total. The van der Waals surface area contributed by atoms with Crippen molar-refractivity contribution >= 4 is 28.9 Å². The molecule has 0 saturated heterocycles. The van der Waals surface area contributed by atoms with Crippen LogP contribution >= 0.6 is 11.6 Å². The van der Waals surface area contributed by atoms with Gasteiger partial charge in [-0.2, -0.15) is 0 Å². The summed E-state index contributed by atoms with van der Waals surface area (Å²) >= 11 is 6.05. The van der Waals surface area contributed by atoms with Gasteiger partial charge in [0.05, 0.1) is 17.3 Å². The number of carbonyl (C=O) groups excluding carboxylic acids is 1. The number of halogens is 2. The van der Waals surface area contributed by atoms with Gasteiger partial charge in [0.2, 0.25) is 5.91 Å². The number of aryl methyl sites for hydroxylation is 1. The summed E-state index contributed by atoms with van der Waals surface area (Å²) in [6, 6.07) is 11.1. The van der Waals surface area contributed by atoms with Crippen molar-refractivity contribution in [2.75, 3.05) is 17.2 Å². The topological polar surface area (TPSA) is 41.1 Å². The van der Waals surface area contributed by atoms with Gasteiger partial charge in [-0.25, -0.2) is 4.39 Å². The van der Waals surface area contributed by atoms with Crippen LogP contribution in [0.5, 0.6) is 0 Å². The fourth-order valence-corrected chi connectivity index (χ4v) is 1.98. The lowest BCUT2D eigenvalue weighted by Crippen LogP contribution is -2.21. The minimum atomic E-state index is -0.340. The highest BCUT2D eigenvalue weighted by Gasteiger charge is 2.05. The summed E-state index contributed by atoms with van der Waals surface area (Å²) in [5.41, 5.74) is 2.30. The second-order valence-corrected chi connectivity index (χ2v) is 4.80.